The van der Waals surface area contributed by atoms with E-state index < -0.39 is 0 Å². The third-order valence-electron chi connectivity index (χ3n) is 3.86. The van der Waals surface area contributed by atoms with Crippen molar-refractivity contribution in [1.82, 2.24) is 4.57 Å². The largest absolute Gasteiger partial charge is 0.495 e. The van der Waals surface area contributed by atoms with Gasteiger partial charge in [0.2, 0.25) is 0 Å². The van der Waals surface area contributed by atoms with E-state index in [1.165, 1.54) is 11.3 Å². The quantitative estimate of drug-likeness (QED) is 0.664. The summed E-state index contributed by atoms with van der Waals surface area (Å²) < 4.78 is 8.45. The molecule has 0 aliphatic rings. The summed E-state index contributed by atoms with van der Waals surface area (Å²) in [7, 11) is 3.56. The lowest BCUT2D eigenvalue weighted by molar-refractivity contribution is 0.0998. The Kier molecular flexibility index (Phi) is 4.78. The first-order valence-electron chi connectivity index (χ1n) is 7.41. The molecule has 24 heavy (non-hydrogen) atoms. The molecule has 0 radical (unpaired) electrons. The number of rotatable bonds is 3. The average Bonchev–Trinajstić information content (AvgIpc) is 2.93. The first-order valence-corrected chi connectivity index (χ1v) is 9.45. The molecule has 0 bridgehead atoms. The van der Waals surface area contributed by atoms with E-state index in [9.17, 15) is 4.79 Å². The number of hydrogen-bond donors (Lipinski definition) is 0. The van der Waals surface area contributed by atoms with Crippen LogP contribution in [0, 0.1) is 6.92 Å². The predicted octanol–water partition coefficient (Wildman–Crippen LogP) is 4.02. The van der Waals surface area contributed by atoms with Gasteiger partial charge in [-0.2, -0.15) is 4.99 Å². The summed E-state index contributed by atoms with van der Waals surface area (Å²) in [6.45, 7) is 2.05. The lowest BCUT2D eigenvalue weighted by atomic mass is 10.2. The zero-order valence-corrected chi connectivity index (χ0v) is 15.6. The van der Waals surface area contributed by atoms with Gasteiger partial charge >= 0.3 is 0 Å². The standard InChI is InChI=1S/C18H18N2O2S2/c1-11-5-10-14(22-3)15-16(11)24-18(20(15)2)19-17(21)12-6-8-13(23-4)9-7-12/h5-10H,1-4H3. The van der Waals surface area contributed by atoms with Gasteiger partial charge in [-0.1, -0.05) is 17.4 Å². The molecule has 1 heterocycles. The van der Waals surface area contributed by atoms with E-state index in [1.54, 1.807) is 18.9 Å². The van der Waals surface area contributed by atoms with Crippen molar-refractivity contribution in [2.45, 2.75) is 11.8 Å². The number of nitrogens with zero attached hydrogens (tertiary/aromatic N) is 2. The minimum absolute atomic E-state index is 0.235. The van der Waals surface area contributed by atoms with Gasteiger partial charge in [-0.3, -0.25) is 4.79 Å². The number of fused-ring (bicyclic) bond motifs is 1. The van der Waals surface area contributed by atoms with Gasteiger partial charge in [-0.05, 0) is 49.1 Å². The van der Waals surface area contributed by atoms with Crippen molar-refractivity contribution in [2.24, 2.45) is 12.0 Å². The van der Waals surface area contributed by atoms with Crippen LogP contribution < -0.4 is 9.54 Å². The number of amides is 1. The van der Waals surface area contributed by atoms with Crippen molar-refractivity contribution < 1.29 is 9.53 Å². The van der Waals surface area contributed by atoms with Gasteiger partial charge in [0.1, 0.15) is 11.3 Å². The molecule has 1 amide bonds. The van der Waals surface area contributed by atoms with Gasteiger partial charge in [0, 0.05) is 17.5 Å². The second-order valence-electron chi connectivity index (χ2n) is 5.35. The van der Waals surface area contributed by atoms with Crippen LogP contribution in [-0.4, -0.2) is 23.8 Å². The van der Waals surface area contributed by atoms with Crippen LogP contribution in [0.15, 0.2) is 46.3 Å². The highest BCUT2D eigenvalue weighted by molar-refractivity contribution is 7.98. The van der Waals surface area contributed by atoms with Crippen molar-refractivity contribution in [3.05, 3.63) is 52.3 Å². The number of hydrogen-bond acceptors (Lipinski definition) is 4. The van der Waals surface area contributed by atoms with Crippen LogP contribution in [0.1, 0.15) is 15.9 Å². The van der Waals surface area contributed by atoms with E-state index in [0.717, 1.165) is 26.4 Å². The number of benzene rings is 2. The van der Waals surface area contributed by atoms with Crippen molar-refractivity contribution >= 4 is 39.2 Å². The SMILES string of the molecule is COc1ccc(C)c2sc(=NC(=O)c3ccc(SC)cc3)n(C)c12. The van der Waals surface area contributed by atoms with Crippen LogP contribution in [0.3, 0.4) is 0 Å². The Morgan fingerprint density at radius 2 is 1.92 bits per heavy atom. The summed E-state index contributed by atoms with van der Waals surface area (Å²) in [4.78, 5) is 18.6. The molecule has 0 saturated heterocycles. The normalized spacial score (nSPS) is 11.9. The maximum atomic E-state index is 12.5. The minimum atomic E-state index is -0.235. The van der Waals surface area contributed by atoms with Gasteiger partial charge in [-0.15, -0.1) is 11.8 Å². The van der Waals surface area contributed by atoms with Gasteiger partial charge in [0.05, 0.1) is 11.8 Å². The van der Waals surface area contributed by atoms with Crippen molar-refractivity contribution in [2.75, 3.05) is 13.4 Å². The number of thiazole rings is 1. The number of aryl methyl sites for hydroxylation is 2. The van der Waals surface area contributed by atoms with Crippen LogP contribution >= 0.6 is 23.1 Å². The molecule has 124 valence electrons. The molecule has 0 N–H and O–H groups in total. The Labute approximate surface area is 148 Å². The molecule has 0 aliphatic heterocycles. The number of ether oxygens (including phenoxy) is 1. The summed E-state index contributed by atoms with van der Waals surface area (Å²) in [6.07, 6.45) is 2.01. The molecule has 1 aromatic heterocycles. The fourth-order valence-electron chi connectivity index (χ4n) is 2.50. The maximum Gasteiger partial charge on any atom is 0.279 e. The second-order valence-corrected chi connectivity index (χ2v) is 7.21. The molecule has 0 saturated carbocycles. The lowest BCUT2D eigenvalue weighted by Crippen LogP contribution is -2.13. The molecule has 3 aromatic rings. The molecular formula is C18H18N2O2S2. The number of carbonyl (C=O) groups is 1. The molecular weight excluding hydrogens is 340 g/mol. The molecule has 0 fully saturated rings. The zero-order valence-electron chi connectivity index (χ0n) is 14.0. The third-order valence-corrected chi connectivity index (χ3v) is 5.87. The Balaban J connectivity index is 2.11. The lowest BCUT2D eigenvalue weighted by Gasteiger charge is -2.05. The fourth-order valence-corrected chi connectivity index (χ4v) is 4.01. The highest BCUT2D eigenvalue weighted by atomic mass is 32.2. The van der Waals surface area contributed by atoms with Crippen molar-refractivity contribution in [1.29, 1.82) is 0 Å². The van der Waals surface area contributed by atoms with E-state index in [4.69, 9.17) is 4.74 Å². The fraction of sp³-hybridized carbons (Fsp3) is 0.222. The molecule has 0 unspecified atom stereocenters. The molecule has 4 nitrogen and oxygen atoms in total. The van der Waals surface area contributed by atoms with E-state index in [-0.39, 0.29) is 5.91 Å². The van der Waals surface area contributed by atoms with E-state index >= 15 is 0 Å². The Morgan fingerprint density at radius 1 is 1.21 bits per heavy atom. The third kappa shape index (κ3) is 2.99. The van der Waals surface area contributed by atoms with Crippen LogP contribution in [0.4, 0.5) is 0 Å². The number of thioether (sulfide) groups is 1. The second kappa shape index (κ2) is 6.83. The first-order chi connectivity index (χ1) is 11.5. The van der Waals surface area contributed by atoms with E-state index in [1.807, 2.05) is 61.2 Å². The summed E-state index contributed by atoms with van der Waals surface area (Å²) in [5, 5.41) is 0. The smallest absolute Gasteiger partial charge is 0.279 e. The average molecular weight is 358 g/mol. The number of carbonyl (C=O) groups excluding carboxylic acids is 1. The van der Waals surface area contributed by atoms with Crippen LogP contribution in [0.2, 0.25) is 0 Å². The van der Waals surface area contributed by atoms with Gasteiger partial charge < -0.3 is 9.30 Å². The van der Waals surface area contributed by atoms with E-state index in [0.29, 0.717) is 10.4 Å². The topological polar surface area (TPSA) is 43.6 Å². The maximum absolute atomic E-state index is 12.5. The zero-order chi connectivity index (χ0) is 17.3. The van der Waals surface area contributed by atoms with E-state index in [2.05, 4.69) is 4.99 Å². The number of aromatic nitrogens is 1. The van der Waals surface area contributed by atoms with Crippen LogP contribution in [0.5, 0.6) is 5.75 Å². The van der Waals surface area contributed by atoms with Crippen LogP contribution in [-0.2, 0) is 7.05 Å². The van der Waals surface area contributed by atoms with Crippen molar-refractivity contribution in [3.63, 3.8) is 0 Å². The molecule has 2 aromatic carbocycles. The first kappa shape index (κ1) is 16.8. The Bertz CT molecular complexity index is 969. The number of methoxy groups -OCH3 is 1. The predicted molar refractivity (Wildman–Crippen MR) is 100 cm³/mol. The minimum Gasteiger partial charge on any atom is -0.495 e. The van der Waals surface area contributed by atoms with Gasteiger partial charge in [0.15, 0.2) is 4.80 Å². The Hall–Kier alpha value is -2.05. The van der Waals surface area contributed by atoms with Crippen LogP contribution in [0.25, 0.3) is 10.2 Å². The molecule has 3 rings (SSSR count). The molecule has 0 spiro atoms. The summed E-state index contributed by atoms with van der Waals surface area (Å²) >= 11 is 3.15. The molecule has 0 aliphatic carbocycles. The monoisotopic (exact) mass is 358 g/mol. The Morgan fingerprint density at radius 3 is 2.54 bits per heavy atom. The van der Waals surface area contributed by atoms with Gasteiger partial charge in [-0.25, -0.2) is 0 Å². The summed E-state index contributed by atoms with van der Waals surface area (Å²) in [5.41, 5.74) is 2.70. The molecule has 6 heteroatoms. The van der Waals surface area contributed by atoms with Gasteiger partial charge in [0.25, 0.3) is 5.91 Å². The highest BCUT2D eigenvalue weighted by Gasteiger charge is 2.12. The highest BCUT2D eigenvalue weighted by Crippen LogP contribution is 2.29. The summed E-state index contributed by atoms with van der Waals surface area (Å²) in [6, 6.07) is 11.5. The summed E-state index contributed by atoms with van der Waals surface area (Å²) in [5.74, 6) is 0.550. The van der Waals surface area contributed by atoms with Crippen molar-refractivity contribution in [3.8, 4) is 5.75 Å². The molecule has 0 atom stereocenters.